The SMILES string of the molecule is CCCCOC(=O)CC(C)(O)CCO[Si](C)(C)C(C)(C)C. The minimum absolute atomic E-state index is 0.0254. The van der Waals surface area contributed by atoms with Crippen molar-refractivity contribution in [3.63, 3.8) is 0 Å². The second kappa shape index (κ2) is 8.29. The number of carbonyl (C=O) groups excluding carboxylic acids is 1. The van der Waals surface area contributed by atoms with E-state index in [0.29, 0.717) is 19.6 Å². The second-order valence-electron chi connectivity index (χ2n) is 7.61. The van der Waals surface area contributed by atoms with Crippen LogP contribution in [0.2, 0.25) is 18.1 Å². The van der Waals surface area contributed by atoms with Gasteiger partial charge in [0.25, 0.3) is 0 Å². The molecule has 0 rings (SSSR count). The van der Waals surface area contributed by atoms with Crippen molar-refractivity contribution in [1.82, 2.24) is 0 Å². The number of esters is 1. The van der Waals surface area contributed by atoms with E-state index in [2.05, 4.69) is 33.9 Å². The molecule has 0 aliphatic carbocycles. The van der Waals surface area contributed by atoms with Crippen molar-refractivity contribution in [1.29, 1.82) is 0 Å². The first-order valence-electron chi connectivity index (χ1n) is 7.93. The van der Waals surface area contributed by atoms with Gasteiger partial charge in [0.15, 0.2) is 8.32 Å². The van der Waals surface area contributed by atoms with E-state index < -0.39 is 13.9 Å². The molecule has 0 aromatic heterocycles. The van der Waals surface area contributed by atoms with Crippen LogP contribution in [-0.2, 0) is 14.0 Å². The van der Waals surface area contributed by atoms with Gasteiger partial charge in [-0.05, 0) is 37.9 Å². The van der Waals surface area contributed by atoms with E-state index >= 15 is 0 Å². The summed E-state index contributed by atoms with van der Waals surface area (Å²) in [5.74, 6) is -0.333. The van der Waals surface area contributed by atoms with Crippen LogP contribution in [0.4, 0.5) is 0 Å². The lowest BCUT2D eigenvalue weighted by molar-refractivity contribution is -0.149. The number of rotatable bonds is 9. The number of unbranched alkanes of at least 4 members (excludes halogenated alkanes) is 1. The first-order chi connectivity index (χ1) is 9.41. The fourth-order valence-electron chi connectivity index (χ4n) is 1.52. The standard InChI is InChI=1S/C16H34O4Si/c1-8-9-11-19-14(17)13-16(5,18)10-12-20-21(6,7)15(2,3)4/h18H,8-13H2,1-7H3. The van der Waals surface area contributed by atoms with Crippen LogP contribution >= 0.6 is 0 Å². The van der Waals surface area contributed by atoms with Crippen LogP contribution in [0.1, 0.15) is 60.3 Å². The van der Waals surface area contributed by atoms with Crippen LogP contribution in [-0.4, -0.2) is 38.2 Å². The highest BCUT2D eigenvalue weighted by Gasteiger charge is 2.37. The van der Waals surface area contributed by atoms with Crippen LogP contribution in [0, 0.1) is 0 Å². The van der Waals surface area contributed by atoms with Crippen molar-refractivity contribution in [2.75, 3.05) is 13.2 Å². The third-order valence-corrected chi connectivity index (χ3v) is 8.73. The monoisotopic (exact) mass is 318 g/mol. The van der Waals surface area contributed by atoms with E-state index in [1.165, 1.54) is 0 Å². The minimum atomic E-state index is -1.80. The van der Waals surface area contributed by atoms with Crippen molar-refractivity contribution in [3.8, 4) is 0 Å². The Balaban J connectivity index is 4.16. The summed E-state index contributed by atoms with van der Waals surface area (Å²) < 4.78 is 11.1. The topological polar surface area (TPSA) is 55.8 Å². The van der Waals surface area contributed by atoms with Crippen LogP contribution < -0.4 is 0 Å². The Morgan fingerprint density at radius 3 is 2.19 bits per heavy atom. The summed E-state index contributed by atoms with van der Waals surface area (Å²) in [6.07, 6.45) is 2.33. The molecule has 0 amide bonds. The average Bonchev–Trinajstić information content (AvgIpc) is 2.26. The Morgan fingerprint density at radius 2 is 1.71 bits per heavy atom. The molecule has 0 spiro atoms. The molecule has 0 saturated carbocycles. The summed E-state index contributed by atoms with van der Waals surface area (Å²) in [5.41, 5.74) is -1.06. The van der Waals surface area contributed by atoms with Gasteiger partial charge in [-0.25, -0.2) is 0 Å². The summed E-state index contributed by atoms with van der Waals surface area (Å²) in [4.78, 5) is 11.6. The number of carbonyl (C=O) groups is 1. The molecule has 4 nitrogen and oxygen atoms in total. The third-order valence-electron chi connectivity index (χ3n) is 4.20. The zero-order valence-corrected chi connectivity index (χ0v) is 15.9. The normalized spacial score (nSPS) is 15.6. The molecule has 5 heteroatoms. The predicted octanol–water partition coefficient (Wildman–Crippen LogP) is 3.88. The van der Waals surface area contributed by atoms with Crippen molar-refractivity contribution >= 4 is 14.3 Å². The van der Waals surface area contributed by atoms with Gasteiger partial charge < -0.3 is 14.3 Å². The highest BCUT2D eigenvalue weighted by molar-refractivity contribution is 6.74. The van der Waals surface area contributed by atoms with Gasteiger partial charge in [0.05, 0.1) is 18.6 Å². The van der Waals surface area contributed by atoms with Crippen LogP contribution in [0.5, 0.6) is 0 Å². The first-order valence-corrected chi connectivity index (χ1v) is 10.8. The van der Waals surface area contributed by atoms with Crippen LogP contribution in [0.3, 0.4) is 0 Å². The summed E-state index contributed by atoms with van der Waals surface area (Å²) in [6.45, 7) is 15.5. The van der Waals surface area contributed by atoms with Crippen molar-refractivity contribution in [2.45, 2.75) is 84.0 Å². The van der Waals surface area contributed by atoms with Crippen LogP contribution in [0.25, 0.3) is 0 Å². The number of aliphatic hydroxyl groups is 1. The van der Waals surface area contributed by atoms with E-state index in [-0.39, 0.29) is 17.4 Å². The molecule has 0 aromatic carbocycles. The van der Waals surface area contributed by atoms with E-state index in [1.54, 1.807) is 6.92 Å². The lowest BCUT2D eigenvalue weighted by atomic mass is 9.99. The molecule has 0 bridgehead atoms. The highest BCUT2D eigenvalue weighted by atomic mass is 28.4. The van der Waals surface area contributed by atoms with E-state index in [4.69, 9.17) is 9.16 Å². The van der Waals surface area contributed by atoms with Crippen molar-refractivity contribution in [2.24, 2.45) is 0 Å². The first kappa shape index (κ1) is 20.6. The summed E-state index contributed by atoms with van der Waals surface area (Å²) >= 11 is 0. The van der Waals surface area contributed by atoms with Gasteiger partial charge in [-0.2, -0.15) is 0 Å². The minimum Gasteiger partial charge on any atom is -0.466 e. The van der Waals surface area contributed by atoms with Gasteiger partial charge >= 0.3 is 5.97 Å². The van der Waals surface area contributed by atoms with Gasteiger partial charge in [-0.1, -0.05) is 34.1 Å². The Labute approximate surface area is 131 Å². The Bertz CT molecular complexity index is 319. The van der Waals surface area contributed by atoms with Gasteiger partial charge in [0, 0.05) is 6.61 Å². The molecule has 1 unspecified atom stereocenters. The highest BCUT2D eigenvalue weighted by Crippen LogP contribution is 2.36. The largest absolute Gasteiger partial charge is 0.466 e. The molecule has 0 fully saturated rings. The zero-order valence-electron chi connectivity index (χ0n) is 14.9. The lowest BCUT2D eigenvalue weighted by Crippen LogP contribution is -2.42. The second-order valence-corrected chi connectivity index (χ2v) is 12.4. The molecule has 21 heavy (non-hydrogen) atoms. The molecule has 126 valence electrons. The molecule has 0 aliphatic rings. The molecule has 0 heterocycles. The fourth-order valence-corrected chi connectivity index (χ4v) is 2.57. The molecule has 0 saturated heterocycles. The maximum absolute atomic E-state index is 11.6. The third kappa shape index (κ3) is 8.59. The van der Waals surface area contributed by atoms with E-state index in [9.17, 15) is 9.90 Å². The molecule has 0 aliphatic heterocycles. The predicted molar refractivity (Wildman–Crippen MR) is 88.9 cm³/mol. The summed E-state index contributed by atoms with van der Waals surface area (Å²) in [5, 5.41) is 10.4. The Kier molecular flexibility index (Phi) is 8.14. The lowest BCUT2D eigenvalue weighted by Gasteiger charge is -2.37. The fraction of sp³-hybridized carbons (Fsp3) is 0.938. The van der Waals surface area contributed by atoms with Gasteiger partial charge in [-0.15, -0.1) is 0 Å². The summed E-state index contributed by atoms with van der Waals surface area (Å²) in [6, 6.07) is 0. The Hall–Kier alpha value is -0.393. The molecular weight excluding hydrogens is 284 g/mol. The number of hydrogen-bond donors (Lipinski definition) is 1. The molecular formula is C16H34O4Si. The average molecular weight is 319 g/mol. The van der Waals surface area contributed by atoms with E-state index in [1.807, 2.05) is 6.92 Å². The zero-order chi connectivity index (χ0) is 16.7. The maximum Gasteiger partial charge on any atom is 0.308 e. The van der Waals surface area contributed by atoms with Gasteiger partial charge in [0.2, 0.25) is 0 Å². The Morgan fingerprint density at radius 1 is 1.14 bits per heavy atom. The van der Waals surface area contributed by atoms with E-state index in [0.717, 1.165) is 12.8 Å². The van der Waals surface area contributed by atoms with Crippen molar-refractivity contribution in [3.05, 3.63) is 0 Å². The maximum atomic E-state index is 11.6. The molecule has 1 atom stereocenters. The van der Waals surface area contributed by atoms with Crippen molar-refractivity contribution < 1.29 is 19.1 Å². The summed E-state index contributed by atoms with van der Waals surface area (Å²) in [7, 11) is -1.80. The molecule has 0 aromatic rings. The number of ether oxygens (including phenoxy) is 1. The molecule has 0 radical (unpaired) electrons. The molecule has 1 N–H and O–H groups in total. The smallest absolute Gasteiger partial charge is 0.308 e. The van der Waals surface area contributed by atoms with Gasteiger partial charge in [0.1, 0.15) is 0 Å². The van der Waals surface area contributed by atoms with Crippen LogP contribution in [0.15, 0.2) is 0 Å². The number of hydrogen-bond acceptors (Lipinski definition) is 4. The van der Waals surface area contributed by atoms with Gasteiger partial charge in [-0.3, -0.25) is 4.79 Å². The quantitative estimate of drug-likeness (QED) is 0.398.